The summed E-state index contributed by atoms with van der Waals surface area (Å²) in [5, 5.41) is 0. The zero-order valence-corrected chi connectivity index (χ0v) is 8.80. The number of hydroxylamine groups is 1. The minimum absolute atomic E-state index is 0.891. The summed E-state index contributed by atoms with van der Waals surface area (Å²) in [6.07, 6.45) is 2.94. The Bertz CT molecular complexity index is 327. The van der Waals surface area contributed by atoms with Crippen LogP contribution >= 0.6 is 11.9 Å². The van der Waals surface area contributed by atoms with Crippen molar-refractivity contribution in [1.29, 1.82) is 0 Å². The van der Waals surface area contributed by atoms with Crippen LogP contribution in [0.3, 0.4) is 0 Å². The van der Waals surface area contributed by atoms with Crippen molar-refractivity contribution in [3.05, 3.63) is 42.5 Å². The van der Waals surface area contributed by atoms with Crippen LogP contribution in [0.1, 0.15) is 5.56 Å². The van der Waals surface area contributed by atoms with E-state index in [2.05, 4.69) is 18.7 Å². The third-order valence-electron chi connectivity index (χ3n) is 2.07. The lowest BCUT2D eigenvalue weighted by Crippen LogP contribution is -2.27. The Hall–Kier alpha value is -0.930. The second-order valence-corrected chi connectivity index (χ2v) is 4.09. The Morgan fingerprint density at radius 1 is 1.50 bits per heavy atom. The molecule has 1 aliphatic rings. The highest BCUT2D eigenvalue weighted by Crippen LogP contribution is 2.27. The van der Waals surface area contributed by atoms with E-state index in [0.29, 0.717) is 0 Å². The highest BCUT2D eigenvalue weighted by Gasteiger charge is 2.16. The first-order valence-corrected chi connectivity index (χ1v) is 5.61. The quantitative estimate of drug-likeness (QED) is 0.558. The second-order valence-electron chi connectivity index (χ2n) is 3.09. The zero-order chi connectivity index (χ0) is 9.80. The summed E-state index contributed by atoms with van der Waals surface area (Å²) in [6, 6.07) is 8.18. The topological polar surface area (TPSA) is 12.5 Å². The fourth-order valence-corrected chi connectivity index (χ4v) is 2.02. The van der Waals surface area contributed by atoms with Crippen molar-refractivity contribution in [2.75, 3.05) is 12.3 Å². The van der Waals surface area contributed by atoms with E-state index in [1.54, 1.807) is 11.9 Å². The largest absolute Gasteiger partial charge is 0.395 e. The van der Waals surface area contributed by atoms with E-state index < -0.39 is 0 Å². The third-order valence-corrected chi connectivity index (χ3v) is 3.00. The van der Waals surface area contributed by atoms with Gasteiger partial charge < -0.3 is 4.84 Å². The first kappa shape index (κ1) is 9.62. The normalized spacial score (nSPS) is 15.7. The third kappa shape index (κ3) is 2.11. The molecule has 1 heterocycles. The molecule has 0 aliphatic carbocycles. The molecular weight excluding hydrogens is 194 g/mol. The van der Waals surface area contributed by atoms with E-state index in [9.17, 15) is 0 Å². The molecule has 0 radical (unpaired) electrons. The summed E-state index contributed by atoms with van der Waals surface area (Å²) in [5.41, 5.74) is 1.29. The number of rotatable bonds is 3. The van der Waals surface area contributed by atoms with Crippen LogP contribution in [-0.4, -0.2) is 16.8 Å². The highest BCUT2D eigenvalue weighted by atomic mass is 32.2. The molecule has 0 saturated carbocycles. The van der Waals surface area contributed by atoms with Crippen LogP contribution in [0.15, 0.2) is 36.9 Å². The molecule has 0 spiro atoms. The van der Waals surface area contributed by atoms with Gasteiger partial charge in [-0.25, -0.2) is 0 Å². The molecular formula is C11H13NOS. The molecule has 0 N–H and O–H groups in total. The van der Waals surface area contributed by atoms with Gasteiger partial charge in [0.25, 0.3) is 0 Å². The molecule has 0 atom stereocenters. The van der Waals surface area contributed by atoms with Crippen LogP contribution in [0.2, 0.25) is 0 Å². The Balaban J connectivity index is 2.02. The lowest BCUT2D eigenvalue weighted by Gasteiger charge is -2.26. The molecule has 0 saturated heterocycles. The molecule has 0 bridgehead atoms. The van der Waals surface area contributed by atoms with Crippen LogP contribution < -0.4 is 4.84 Å². The van der Waals surface area contributed by atoms with Gasteiger partial charge >= 0.3 is 0 Å². The molecule has 74 valence electrons. The van der Waals surface area contributed by atoms with Crippen molar-refractivity contribution in [3.8, 4) is 5.75 Å². The molecule has 0 amide bonds. The van der Waals surface area contributed by atoms with E-state index in [-0.39, 0.29) is 0 Å². The fourth-order valence-electron chi connectivity index (χ4n) is 1.39. The van der Waals surface area contributed by atoms with Gasteiger partial charge in [-0.1, -0.05) is 28.7 Å². The molecule has 1 aromatic rings. The SMILES string of the molecule is C=CCSN1CCc2ccccc2O1. The molecule has 2 nitrogen and oxygen atoms in total. The van der Waals surface area contributed by atoms with Gasteiger partial charge in [-0.3, -0.25) is 0 Å². The van der Waals surface area contributed by atoms with E-state index in [1.165, 1.54) is 5.56 Å². The van der Waals surface area contributed by atoms with Crippen molar-refractivity contribution < 1.29 is 4.84 Å². The maximum absolute atomic E-state index is 5.68. The minimum Gasteiger partial charge on any atom is -0.395 e. The van der Waals surface area contributed by atoms with E-state index >= 15 is 0 Å². The molecule has 0 fully saturated rings. The maximum Gasteiger partial charge on any atom is 0.151 e. The monoisotopic (exact) mass is 207 g/mol. The second kappa shape index (κ2) is 4.53. The summed E-state index contributed by atoms with van der Waals surface area (Å²) < 4.78 is 1.92. The fraction of sp³-hybridized carbons (Fsp3) is 0.273. The standard InChI is InChI=1S/C11H13NOS/c1-2-9-14-12-8-7-10-5-3-4-6-11(10)13-12/h2-6H,1,7-9H2. The highest BCUT2D eigenvalue weighted by molar-refractivity contribution is 7.97. The Labute approximate surface area is 88.6 Å². The van der Waals surface area contributed by atoms with Crippen LogP contribution in [0.25, 0.3) is 0 Å². The van der Waals surface area contributed by atoms with E-state index in [4.69, 9.17) is 4.84 Å². The lowest BCUT2D eigenvalue weighted by atomic mass is 10.1. The molecule has 0 unspecified atom stereocenters. The van der Waals surface area contributed by atoms with E-state index in [1.807, 2.05) is 22.7 Å². The lowest BCUT2D eigenvalue weighted by molar-refractivity contribution is 0.0375. The summed E-state index contributed by atoms with van der Waals surface area (Å²) >= 11 is 1.65. The van der Waals surface area contributed by atoms with Gasteiger partial charge in [0.2, 0.25) is 0 Å². The predicted octanol–water partition coefficient (Wildman–Crippen LogP) is 2.67. The van der Waals surface area contributed by atoms with Crippen molar-refractivity contribution >= 4 is 11.9 Å². The average molecular weight is 207 g/mol. The molecule has 0 aromatic heterocycles. The Kier molecular flexibility index (Phi) is 3.11. The predicted molar refractivity (Wildman–Crippen MR) is 60.1 cm³/mol. The van der Waals surface area contributed by atoms with Gasteiger partial charge in [0.15, 0.2) is 5.75 Å². The van der Waals surface area contributed by atoms with Crippen LogP contribution in [0, 0.1) is 0 Å². The molecule has 1 aliphatic heterocycles. The Morgan fingerprint density at radius 3 is 3.21 bits per heavy atom. The summed E-state index contributed by atoms with van der Waals surface area (Å²) in [4.78, 5) is 5.68. The summed E-state index contributed by atoms with van der Waals surface area (Å²) in [5.74, 6) is 1.87. The van der Waals surface area contributed by atoms with Crippen molar-refractivity contribution in [2.45, 2.75) is 6.42 Å². The summed E-state index contributed by atoms with van der Waals surface area (Å²) in [7, 11) is 0. The molecule has 1 aromatic carbocycles. The first-order chi connectivity index (χ1) is 6.90. The maximum atomic E-state index is 5.68. The van der Waals surface area contributed by atoms with Crippen molar-refractivity contribution in [3.63, 3.8) is 0 Å². The van der Waals surface area contributed by atoms with Crippen LogP contribution in [0.4, 0.5) is 0 Å². The van der Waals surface area contributed by atoms with Crippen molar-refractivity contribution in [2.24, 2.45) is 0 Å². The molecule has 3 heteroatoms. The molecule has 14 heavy (non-hydrogen) atoms. The number of para-hydroxylation sites is 1. The summed E-state index contributed by atoms with van der Waals surface area (Å²) in [6.45, 7) is 4.63. The molecule has 2 rings (SSSR count). The zero-order valence-electron chi connectivity index (χ0n) is 7.98. The number of fused-ring (bicyclic) bond motifs is 1. The van der Waals surface area contributed by atoms with Crippen LogP contribution in [-0.2, 0) is 6.42 Å². The first-order valence-electron chi connectivity index (χ1n) is 4.67. The van der Waals surface area contributed by atoms with Gasteiger partial charge in [0.05, 0.1) is 6.54 Å². The van der Waals surface area contributed by atoms with Gasteiger partial charge in [-0.15, -0.1) is 6.58 Å². The number of hydrogen-bond donors (Lipinski definition) is 0. The van der Waals surface area contributed by atoms with Gasteiger partial charge in [-0.2, -0.15) is 0 Å². The van der Waals surface area contributed by atoms with Gasteiger partial charge in [0, 0.05) is 5.75 Å². The van der Waals surface area contributed by atoms with Gasteiger partial charge in [-0.05, 0) is 30.0 Å². The number of nitrogens with zero attached hydrogens (tertiary/aromatic N) is 1. The number of benzene rings is 1. The van der Waals surface area contributed by atoms with E-state index in [0.717, 1.165) is 24.5 Å². The average Bonchev–Trinajstić information content (AvgIpc) is 2.26. The van der Waals surface area contributed by atoms with Gasteiger partial charge in [0.1, 0.15) is 0 Å². The number of hydrogen-bond acceptors (Lipinski definition) is 3. The Morgan fingerprint density at radius 2 is 2.36 bits per heavy atom. The minimum atomic E-state index is 0.891. The smallest absolute Gasteiger partial charge is 0.151 e. The van der Waals surface area contributed by atoms with Crippen LogP contribution in [0.5, 0.6) is 5.75 Å². The van der Waals surface area contributed by atoms with Crippen molar-refractivity contribution in [1.82, 2.24) is 4.47 Å².